The van der Waals surface area contributed by atoms with Crippen molar-refractivity contribution >= 4 is 122 Å². The number of halogens is 6. The highest BCUT2D eigenvalue weighted by molar-refractivity contribution is 6.74. The van der Waals surface area contributed by atoms with Crippen molar-refractivity contribution in [2.24, 2.45) is 0 Å². The van der Waals surface area contributed by atoms with Crippen molar-refractivity contribution in [2.45, 2.75) is 142 Å². The molecule has 0 radical (unpaired) electrons. The van der Waals surface area contributed by atoms with Crippen LogP contribution in [0.2, 0.25) is 36.3 Å². The fourth-order valence-corrected chi connectivity index (χ4v) is 11.5. The zero-order valence-corrected chi connectivity index (χ0v) is 52.4. The number of methoxy groups -OCH3 is 2. The lowest BCUT2D eigenvalue weighted by molar-refractivity contribution is -0.0308. The van der Waals surface area contributed by atoms with E-state index in [2.05, 4.69) is 41.5 Å². The van der Waals surface area contributed by atoms with E-state index in [1.165, 1.54) is 24.0 Å². The molecule has 0 fully saturated rings. The summed E-state index contributed by atoms with van der Waals surface area (Å²) in [5, 5.41) is -0.750. The van der Waals surface area contributed by atoms with E-state index >= 15 is 9.59 Å². The molecule has 0 saturated heterocycles. The summed E-state index contributed by atoms with van der Waals surface area (Å²) in [5.74, 6) is -0.155. The van der Waals surface area contributed by atoms with Gasteiger partial charge in [-0.3, -0.25) is 9.59 Å². The lowest BCUT2D eigenvalue weighted by atomic mass is 10.0. The highest BCUT2D eigenvalue weighted by atomic mass is 35.6. The van der Waals surface area contributed by atoms with Crippen LogP contribution in [-0.2, 0) is 27.8 Å². The van der Waals surface area contributed by atoms with E-state index in [9.17, 15) is 9.59 Å². The first-order valence-corrected chi connectivity index (χ1v) is 33.1. The van der Waals surface area contributed by atoms with Crippen LogP contribution < -0.4 is 19.3 Å². The van der Waals surface area contributed by atoms with Crippen LogP contribution >= 0.6 is 69.6 Å². The largest absolute Gasteiger partial charge is 0.497 e. The Bertz CT molecular complexity index is 2490. The molecule has 4 heterocycles. The van der Waals surface area contributed by atoms with E-state index in [1.54, 1.807) is 58.6 Å². The molecule has 0 bridgehead atoms. The summed E-state index contributed by atoms with van der Waals surface area (Å²) in [7, 11) is -2.73. The van der Waals surface area contributed by atoms with Gasteiger partial charge in [0.25, 0.3) is 11.8 Å². The molecule has 24 heteroatoms. The number of fused-ring (bicyclic) bond motifs is 4. The second kappa shape index (κ2) is 24.3. The number of carbonyl (C=O) groups is 4. The summed E-state index contributed by atoms with van der Waals surface area (Å²) in [5.41, 5.74) is 1.91. The molecule has 0 saturated carbocycles. The van der Waals surface area contributed by atoms with Crippen molar-refractivity contribution in [1.29, 1.82) is 0 Å². The van der Waals surface area contributed by atoms with E-state index < -0.39 is 98.2 Å². The SMILES string of the molecule is CC=CC1=CN2C(=O)c3cc(OC)ccc3N(C(=O)OCC(Cl)(Cl)Cl)[C@@H](O[Si](C)(C)C(C)(C)C)[C@@H]2C1OCCCOC1C(C=CC)=CN2C(=O)c3cc(OC)ccc3N(C(=O)OCC(Cl)(Cl)Cl)[C@@H](O[Si](C)(C)C(C)(C)C)[C@H]12. The molecule has 6 rings (SSSR count). The van der Waals surface area contributed by atoms with Crippen LogP contribution in [0.1, 0.15) is 82.5 Å². The van der Waals surface area contributed by atoms with E-state index in [0.29, 0.717) is 22.6 Å². The molecule has 16 nitrogen and oxygen atoms in total. The number of hydrogen-bond acceptors (Lipinski definition) is 12. The van der Waals surface area contributed by atoms with Gasteiger partial charge in [0.1, 0.15) is 49.0 Å². The molecule has 6 atom stereocenters. The van der Waals surface area contributed by atoms with Crippen LogP contribution in [0.4, 0.5) is 21.0 Å². The van der Waals surface area contributed by atoms with Crippen molar-refractivity contribution in [3.05, 3.63) is 95.4 Å². The molecule has 4 amide bonds. The Morgan fingerprint density at radius 2 is 0.948 bits per heavy atom. The van der Waals surface area contributed by atoms with Crippen LogP contribution in [0, 0.1) is 0 Å². The average Bonchev–Trinajstić information content (AvgIpc) is 3.85. The summed E-state index contributed by atoms with van der Waals surface area (Å²) in [6.45, 7) is 23.2. The molecular weight excluding hydrogens is 1150 g/mol. The second-order valence-electron chi connectivity index (χ2n) is 22.0. The third kappa shape index (κ3) is 14.0. The smallest absolute Gasteiger partial charge is 0.416 e. The highest BCUT2D eigenvalue weighted by Crippen LogP contribution is 2.47. The Hall–Kier alpha value is -3.51. The number of amides is 4. The predicted molar refractivity (Wildman–Crippen MR) is 308 cm³/mol. The maximum Gasteiger partial charge on any atom is 0.416 e. The fraction of sp³-hybridized carbons (Fsp3) is 0.547. The normalized spacial score (nSPS) is 22.3. The van der Waals surface area contributed by atoms with Crippen molar-refractivity contribution in [3.8, 4) is 11.5 Å². The van der Waals surface area contributed by atoms with Gasteiger partial charge in [-0.05, 0) is 104 Å². The Morgan fingerprint density at radius 1 is 0.597 bits per heavy atom. The van der Waals surface area contributed by atoms with Gasteiger partial charge in [-0.2, -0.15) is 0 Å². The fourth-order valence-electron chi connectivity index (χ4n) is 8.76. The van der Waals surface area contributed by atoms with Gasteiger partial charge < -0.3 is 47.1 Å². The number of hydrogen-bond donors (Lipinski definition) is 0. The standard InChI is InChI=1S/C53H70Cl6N4O12Si2/c1-15-18-32-28-60-40(46(74-76(11,12)50(3,4)5)62(48(66)72-30-52(54,55)56)38-22-20-34(68-9)26-36(38)44(60)64)42(32)70-24-17-25-71-43-33(19-16-2)29-61-41(43)47(75-77(13,14)51(6,7)8)63(49(67)73-31-53(57,58)59)39-23-21-35(69-10)27-37(39)45(61)65/h15-16,18-23,26-29,40-43,46-47H,17,24-25,30-31H2,1-14H3/t40-,41-,42?,43?,46-,47-/m0/s1. The minimum absolute atomic E-state index is 0.0662. The average molecular weight is 1220 g/mol. The molecule has 2 aromatic carbocycles. The molecule has 2 unspecified atom stereocenters. The Balaban J connectivity index is 1.39. The van der Waals surface area contributed by atoms with E-state index in [4.69, 9.17) is 107 Å². The van der Waals surface area contributed by atoms with Crippen LogP contribution in [0.15, 0.2) is 84.2 Å². The van der Waals surface area contributed by atoms with Crippen LogP contribution in [-0.4, -0.2) is 135 Å². The molecule has 424 valence electrons. The number of ether oxygens (including phenoxy) is 6. The molecule has 4 aliphatic rings. The zero-order chi connectivity index (χ0) is 57.4. The lowest BCUT2D eigenvalue weighted by Gasteiger charge is -2.45. The topological polar surface area (TPSA) is 155 Å². The molecule has 77 heavy (non-hydrogen) atoms. The first-order chi connectivity index (χ1) is 35.7. The van der Waals surface area contributed by atoms with Gasteiger partial charge in [-0.15, -0.1) is 0 Å². The summed E-state index contributed by atoms with van der Waals surface area (Å²) in [4.78, 5) is 64.9. The first-order valence-electron chi connectivity index (χ1n) is 25.0. The van der Waals surface area contributed by atoms with Gasteiger partial charge in [0.2, 0.25) is 7.59 Å². The van der Waals surface area contributed by atoms with Gasteiger partial charge in [-0.1, -0.05) is 135 Å². The Kier molecular flexibility index (Phi) is 19.8. The summed E-state index contributed by atoms with van der Waals surface area (Å²) < 4.78 is 46.8. The first kappa shape index (κ1) is 62.7. The quantitative estimate of drug-likeness (QED) is 0.0892. The summed E-state index contributed by atoms with van der Waals surface area (Å²) in [6.07, 6.45) is 5.04. The summed E-state index contributed by atoms with van der Waals surface area (Å²) >= 11 is 36.7. The van der Waals surface area contributed by atoms with Gasteiger partial charge in [0.05, 0.1) is 36.7 Å². The van der Waals surface area contributed by atoms with E-state index in [0.717, 1.165) is 0 Å². The van der Waals surface area contributed by atoms with Gasteiger partial charge in [-0.25, -0.2) is 19.4 Å². The number of rotatable bonds is 16. The van der Waals surface area contributed by atoms with Crippen LogP contribution in [0.3, 0.4) is 0 Å². The van der Waals surface area contributed by atoms with Crippen LogP contribution in [0.25, 0.3) is 0 Å². The lowest BCUT2D eigenvalue weighted by Crippen LogP contribution is -2.61. The number of alkyl halides is 6. The van der Waals surface area contributed by atoms with Gasteiger partial charge >= 0.3 is 12.2 Å². The molecular formula is C53H70Cl6N4O12Si2. The van der Waals surface area contributed by atoms with Crippen molar-refractivity contribution in [2.75, 3.05) is 50.4 Å². The van der Waals surface area contributed by atoms with Crippen molar-refractivity contribution in [3.63, 3.8) is 0 Å². The number of nitrogens with zero attached hydrogens (tertiary/aromatic N) is 4. The zero-order valence-electron chi connectivity index (χ0n) is 45.9. The Labute approximate surface area is 484 Å². The molecule has 2 aromatic rings. The van der Waals surface area contributed by atoms with Crippen molar-refractivity contribution in [1.82, 2.24) is 9.80 Å². The summed E-state index contributed by atoms with van der Waals surface area (Å²) in [6, 6.07) is 7.62. The molecule has 0 N–H and O–H groups in total. The molecule has 0 aromatic heterocycles. The number of allylic oxidation sites excluding steroid dienone is 2. The minimum atomic E-state index is -2.84. The molecule has 0 aliphatic carbocycles. The number of anilines is 2. The van der Waals surface area contributed by atoms with E-state index in [-0.39, 0.29) is 52.2 Å². The monoisotopic (exact) mass is 1220 g/mol. The van der Waals surface area contributed by atoms with Crippen LogP contribution in [0.5, 0.6) is 11.5 Å². The predicted octanol–water partition coefficient (Wildman–Crippen LogP) is 13.5. The highest BCUT2D eigenvalue weighted by Gasteiger charge is 2.56. The van der Waals surface area contributed by atoms with Crippen molar-refractivity contribution < 1.29 is 56.5 Å². The maximum absolute atomic E-state index is 15.0. The Morgan fingerprint density at radius 3 is 1.25 bits per heavy atom. The minimum Gasteiger partial charge on any atom is -0.497 e. The third-order valence-corrected chi connectivity index (χ3v) is 24.1. The second-order valence-corrected chi connectivity index (χ2v) is 36.5. The van der Waals surface area contributed by atoms with Gasteiger partial charge in [0, 0.05) is 25.6 Å². The third-order valence-electron chi connectivity index (χ3n) is 14.6. The number of benzene rings is 2. The van der Waals surface area contributed by atoms with Gasteiger partial charge in [0.15, 0.2) is 29.1 Å². The maximum atomic E-state index is 15.0. The van der Waals surface area contributed by atoms with E-state index in [1.807, 2.05) is 64.3 Å². The molecule has 4 aliphatic heterocycles. The molecule has 0 spiro atoms. The number of carbonyl (C=O) groups excluding carboxylic acids is 4.